The number of aromatic hydroxyl groups is 1. The third-order valence-corrected chi connectivity index (χ3v) is 6.66. The monoisotopic (exact) mass is 489 g/mol. The van der Waals surface area contributed by atoms with Crippen molar-refractivity contribution in [3.63, 3.8) is 0 Å². The molecule has 1 atom stereocenters. The van der Waals surface area contributed by atoms with Gasteiger partial charge in [0.2, 0.25) is 0 Å². The molecule has 36 heavy (non-hydrogen) atoms. The smallest absolute Gasteiger partial charge is 0.410 e. The molecule has 0 aliphatic carbocycles. The lowest BCUT2D eigenvalue weighted by atomic mass is 9.97. The SMILES string of the molecule is Cc1ccc(N(C)C2CN(C(=O)OC(C)(C)C)C2)cc1C(=O)NC(C)c1c(O)ccc2ccccc12. The van der Waals surface area contributed by atoms with Gasteiger partial charge in [0, 0.05) is 37.0 Å². The number of benzene rings is 3. The van der Waals surface area contributed by atoms with Gasteiger partial charge in [-0.3, -0.25) is 4.79 Å². The van der Waals surface area contributed by atoms with Gasteiger partial charge >= 0.3 is 6.09 Å². The Balaban J connectivity index is 1.47. The lowest BCUT2D eigenvalue weighted by Gasteiger charge is -2.45. The molecule has 7 nitrogen and oxygen atoms in total. The maximum Gasteiger partial charge on any atom is 0.410 e. The largest absolute Gasteiger partial charge is 0.508 e. The van der Waals surface area contributed by atoms with E-state index in [-0.39, 0.29) is 23.8 Å². The van der Waals surface area contributed by atoms with Gasteiger partial charge in [-0.25, -0.2) is 4.79 Å². The van der Waals surface area contributed by atoms with E-state index >= 15 is 0 Å². The predicted molar refractivity (Wildman–Crippen MR) is 143 cm³/mol. The number of likely N-dealkylation sites (tertiary alicyclic amines) is 1. The van der Waals surface area contributed by atoms with E-state index in [9.17, 15) is 14.7 Å². The second-order valence-electron chi connectivity index (χ2n) is 10.6. The van der Waals surface area contributed by atoms with Gasteiger partial charge in [0.15, 0.2) is 0 Å². The second-order valence-corrected chi connectivity index (χ2v) is 10.6. The maximum atomic E-state index is 13.3. The number of hydrogen-bond acceptors (Lipinski definition) is 5. The first kappa shape index (κ1) is 25.4. The van der Waals surface area contributed by atoms with Crippen molar-refractivity contribution < 1.29 is 19.4 Å². The average Bonchev–Trinajstić information content (AvgIpc) is 2.76. The van der Waals surface area contributed by atoms with Crippen LogP contribution >= 0.6 is 0 Å². The van der Waals surface area contributed by atoms with Crippen LogP contribution in [0.15, 0.2) is 54.6 Å². The van der Waals surface area contributed by atoms with Gasteiger partial charge in [-0.05, 0) is 69.2 Å². The van der Waals surface area contributed by atoms with Crippen LogP contribution in [0.3, 0.4) is 0 Å². The summed E-state index contributed by atoms with van der Waals surface area (Å²) in [5.74, 6) is -0.0437. The highest BCUT2D eigenvalue weighted by Gasteiger charge is 2.36. The van der Waals surface area contributed by atoms with E-state index < -0.39 is 11.6 Å². The molecule has 1 fully saturated rings. The van der Waals surface area contributed by atoms with Crippen LogP contribution in [0, 0.1) is 6.92 Å². The number of ether oxygens (including phenoxy) is 1. The molecule has 1 heterocycles. The van der Waals surface area contributed by atoms with Crippen LogP contribution in [-0.4, -0.2) is 53.8 Å². The van der Waals surface area contributed by atoms with Crippen molar-refractivity contribution in [2.75, 3.05) is 25.0 Å². The van der Waals surface area contributed by atoms with Gasteiger partial charge < -0.3 is 25.0 Å². The third kappa shape index (κ3) is 5.25. The van der Waals surface area contributed by atoms with E-state index in [2.05, 4.69) is 10.2 Å². The number of phenolic OH excluding ortho intramolecular Hbond substituents is 1. The average molecular weight is 490 g/mol. The lowest BCUT2D eigenvalue weighted by Crippen LogP contribution is -2.61. The molecule has 1 aliphatic rings. The standard InChI is InChI=1S/C29H35N3O4/c1-18-11-13-21(31(6)22-16-32(17-22)28(35)36-29(3,4)5)15-24(18)27(34)30-19(2)26-23-10-8-7-9-20(23)12-14-25(26)33/h7-15,19,22,33H,16-17H2,1-6H3,(H,30,34). The number of carbonyl (C=O) groups is 2. The molecule has 1 unspecified atom stereocenters. The molecule has 1 saturated heterocycles. The summed E-state index contributed by atoms with van der Waals surface area (Å²) in [4.78, 5) is 29.4. The molecule has 0 radical (unpaired) electrons. The Morgan fingerprint density at radius 1 is 1.11 bits per heavy atom. The van der Waals surface area contributed by atoms with Crippen LogP contribution in [0.4, 0.5) is 10.5 Å². The minimum atomic E-state index is -0.521. The molecular formula is C29H35N3O4. The highest BCUT2D eigenvalue weighted by Crippen LogP contribution is 2.33. The fourth-order valence-electron chi connectivity index (χ4n) is 4.55. The van der Waals surface area contributed by atoms with Crippen molar-refractivity contribution in [3.05, 3.63) is 71.3 Å². The van der Waals surface area contributed by atoms with E-state index in [0.717, 1.165) is 22.0 Å². The number of phenols is 1. The van der Waals surface area contributed by atoms with Crippen LogP contribution < -0.4 is 10.2 Å². The molecule has 0 aromatic heterocycles. The normalized spacial score (nSPS) is 14.8. The number of likely N-dealkylation sites (N-methyl/N-ethyl adjacent to an activating group) is 1. The van der Waals surface area contributed by atoms with Crippen LogP contribution in [0.25, 0.3) is 10.8 Å². The Kier molecular flexibility index (Phi) is 6.85. The summed E-state index contributed by atoms with van der Waals surface area (Å²) in [6, 6.07) is 16.9. The lowest BCUT2D eigenvalue weighted by molar-refractivity contribution is 0.00851. The number of hydrogen-bond donors (Lipinski definition) is 2. The van der Waals surface area contributed by atoms with Gasteiger partial charge in [-0.15, -0.1) is 0 Å². The number of nitrogens with zero attached hydrogens (tertiary/aromatic N) is 2. The molecule has 2 N–H and O–H groups in total. The summed E-state index contributed by atoms with van der Waals surface area (Å²) in [6.45, 7) is 10.5. The van der Waals surface area contributed by atoms with Gasteiger partial charge in [0.1, 0.15) is 11.4 Å². The van der Waals surface area contributed by atoms with Crippen molar-refractivity contribution in [2.24, 2.45) is 0 Å². The minimum absolute atomic E-state index is 0.141. The number of amides is 2. The summed E-state index contributed by atoms with van der Waals surface area (Å²) in [5.41, 5.74) is 2.52. The summed E-state index contributed by atoms with van der Waals surface area (Å²) in [7, 11) is 1.97. The highest BCUT2D eigenvalue weighted by atomic mass is 16.6. The molecule has 2 amide bonds. The van der Waals surface area contributed by atoms with Crippen molar-refractivity contribution in [2.45, 2.75) is 52.3 Å². The number of aryl methyl sites for hydroxylation is 1. The van der Waals surface area contributed by atoms with Crippen LogP contribution in [0.2, 0.25) is 0 Å². The molecule has 1 aliphatic heterocycles. The van der Waals surface area contributed by atoms with Gasteiger partial charge in [0.25, 0.3) is 5.91 Å². The number of fused-ring (bicyclic) bond motifs is 1. The highest BCUT2D eigenvalue weighted by molar-refractivity contribution is 5.97. The Hall–Kier alpha value is -3.74. The molecule has 190 valence electrons. The van der Waals surface area contributed by atoms with E-state index in [4.69, 9.17) is 4.74 Å². The Morgan fingerprint density at radius 2 is 1.81 bits per heavy atom. The summed E-state index contributed by atoms with van der Waals surface area (Å²) in [5, 5.41) is 15.5. The minimum Gasteiger partial charge on any atom is -0.508 e. The Labute approximate surface area is 212 Å². The van der Waals surface area contributed by atoms with E-state index in [1.165, 1.54) is 0 Å². The summed E-state index contributed by atoms with van der Waals surface area (Å²) in [6.07, 6.45) is -0.304. The molecule has 4 rings (SSSR count). The van der Waals surface area contributed by atoms with E-state index in [1.54, 1.807) is 11.0 Å². The Bertz CT molecular complexity index is 1290. The zero-order valence-corrected chi connectivity index (χ0v) is 21.8. The topological polar surface area (TPSA) is 82.1 Å². The molecular weight excluding hydrogens is 454 g/mol. The van der Waals surface area contributed by atoms with Crippen LogP contribution in [0.5, 0.6) is 5.75 Å². The number of rotatable bonds is 5. The number of carbonyl (C=O) groups excluding carboxylic acids is 2. The van der Waals surface area contributed by atoms with Crippen molar-refractivity contribution >= 4 is 28.5 Å². The fourth-order valence-corrected chi connectivity index (χ4v) is 4.55. The third-order valence-electron chi connectivity index (χ3n) is 6.66. The van der Waals surface area contributed by atoms with E-state index in [0.29, 0.717) is 24.2 Å². The number of nitrogens with one attached hydrogen (secondary N) is 1. The van der Waals surface area contributed by atoms with Crippen LogP contribution in [0.1, 0.15) is 55.2 Å². The molecule has 3 aromatic rings. The zero-order chi connectivity index (χ0) is 26.2. The molecule has 7 heteroatoms. The summed E-state index contributed by atoms with van der Waals surface area (Å²) < 4.78 is 5.45. The molecule has 3 aromatic carbocycles. The zero-order valence-electron chi connectivity index (χ0n) is 21.8. The molecule has 0 saturated carbocycles. The Morgan fingerprint density at radius 3 is 2.50 bits per heavy atom. The number of anilines is 1. The quantitative estimate of drug-likeness (QED) is 0.501. The van der Waals surface area contributed by atoms with Crippen molar-refractivity contribution in [1.29, 1.82) is 0 Å². The first-order valence-electron chi connectivity index (χ1n) is 12.3. The van der Waals surface area contributed by atoms with Gasteiger partial charge in [0.05, 0.1) is 12.1 Å². The first-order valence-corrected chi connectivity index (χ1v) is 12.3. The molecule has 0 spiro atoms. The predicted octanol–water partition coefficient (Wildman–Crippen LogP) is 5.40. The van der Waals surface area contributed by atoms with Crippen molar-refractivity contribution in [1.82, 2.24) is 10.2 Å². The van der Waals surface area contributed by atoms with E-state index in [1.807, 2.05) is 90.2 Å². The van der Waals surface area contributed by atoms with Crippen LogP contribution in [-0.2, 0) is 4.74 Å². The second kappa shape index (κ2) is 9.72. The molecule has 0 bridgehead atoms. The fraction of sp³-hybridized carbons (Fsp3) is 0.379. The first-order chi connectivity index (χ1) is 16.9. The van der Waals surface area contributed by atoms with Gasteiger partial charge in [-0.1, -0.05) is 36.4 Å². The van der Waals surface area contributed by atoms with Crippen molar-refractivity contribution in [3.8, 4) is 5.75 Å². The van der Waals surface area contributed by atoms with Gasteiger partial charge in [-0.2, -0.15) is 0 Å². The maximum absolute atomic E-state index is 13.3. The summed E-state index contributed by atoms with van der Waals surface area (Å²) >= 11 is 0.